The van der Waals surface area contributed by atoms with Gasteiger partial charge in [0.2, 0.25) is 0 Å². The summed E-state index contributed by atoms with van der Waals surface area (Å²) in [6.45, 7) is 2.55. The third kappa shape index (κ3) is 3.54. The first kappa shape index (κ1) is 21.1. The summed E-state index contributed by atoms with van der Waals surface area (Å²) in [5, 5.41) is 14.6. The van der Waals surface area contributed by atoms with Crippen LogP contribution in [0.15, 0.2) is 78.9 Å². The highest BCUT2D eigenvalue weighted by atomic mass is 16.5. The molecule has 5 heteroatoms. The van der Waals surface area contributed by atoms with Gasteiger partial charge < -0.3 is 20.1 Å². The van der Waals surface area contributed by atoms with Crippen LogP contribution in [-0.2, 0) is 0 Å². The first-order valence-corrected chi connectivity index (χ1v) is 11.4. The highest BCUT2D eigenvalue weighted by Gasteiger charge is 2.40. The lowest BCUT2D eigenvalue weighted by molar-refractivity contribution is 0.0988. The van der Waals surface area contributed by atoms with E-state index in [0.717, 1.165) is 28.9 Å². The van der Waals surface area contributed by atoms with Crippen molar-refractivity contribution in [2.24, 2.45) is 5.92 Å². The fourth-order valence-corrected chi connectivity index (χ4v) is 5.26. The third-order valence-corrected chi connectivity index (χ3v) is 6.84. The summed E-state index contributed by atoms with van der Waals surface area (Å²) < 4.78 is 5.36. The van der Waals surface area contributed by atoms with Crippen LogP contribution in [0.4, 0.5) is 11.4 Å². The van der Waals surface area contributed by atoms with Gasteiger partial charge in [-0.3, -0.25) is 4.79 Å². The van der Waals surface area contributed by atoms with E-state index in [-0.39, 0.29) is 29.5 Å². The molecule has 1 aliphatic heterocycles. The number of para-hydroxylation sites is 3. The topological polar surface area (TPSA) is 61.8 Å². The lowest BCUT2D eigenvalue weighted by atomic mass is 9.76. The number of allylic oxidation sites excluding steroid dienone is 2. The second-order valence-electron chi connectivity index (χ2n) is 8.53. The third-order valence-electron chi connectivity index (χ3n) is 6.84. The first-order valence-electron chi connectivity index (χ1n) is 11.4. The van der Waals surface area contributed by atoms with Gasteiger partial charge in [0.15, 0.2) is 11.5 Å². The molecule has 33 heavy (non-hydrogen) atoms. The zero-order chi connectivity index (χ0) is 22.9. The smallest absolute Gasteiger partial charge is 0.260 e. The lowest BCUT2D eigenvalue weighted by Gasteiger charge is -2.39. The van der Waals surface area contributed by atoms with Gasteiger partial charge in [0.05, 0.1) is 24.4 Å². The van der Waals surface area contributed by atoms with E-state index in [0.29, 0.717) is 17.9 Å². The predicted octanol–water partition coefficient (Wildman–Crippen LogP) is 5.89. The molecule has 3 unspecified atom stereocenters. The Morgan fingerprint density at radius 3 is 2.58 bits per heavy atom. The maximum Gasteiger partial charge on any atom is 0.260 e. The zero-order valence-corrected chi connectivity index (χ0v) is 18.9. The van der Waals surface area contributed by atoms with Crippen molar-refractivity contribution in [3.05, 3.63) is 95.6 Å². The minimum absolute atomic E-state index is 0.0397. The molecule has 0 saturated carbocycles. The van der Waals surface area contributed by atoms with Crippen molar-refractivity contribution in [3.63, 3.8) is 0 Å². The molecule has 1 amide bonds. The van der Waals surface area contributed by atoms with Crippen molar-refractivity contribution in [2.75, 3.05) is 23.9 Å². The molecule has 2 N–H and O–H groups in total. The molecule has 3 aromatic carbocycles. The fourth-order valence-electron chi connectivity index (χ4n) is 5.26. The van der Waals surface area contributed by atoms with Crippen molar-refractivity contribution in [1.82, 2.24) is 0 Å². The molecule has 5 rings (SSSR count). The van der Waals surface area contributed by atoms with E-state index in [2.05, 4.69) is 23.5 Å². The Labute approximate surface area is 194 Å². The minimum Gasteiger partial charge on any atom is -0.504 e. The van der Waals surface area contributed by atoms with Crippen LogP contribution >= 0.6 is 0 Å². The number of hydrogen-bond donors (Lipinski definition) is 2. The number of phenols is 1. The normalized spacial score (nSPS) is 20.5. The number of anilines is 2. The molecule has 3 atom stereocenters. The molecule has 0 bridgehead atoms. The van der Waals surface area contributed by atoms with E-state index in [1.807, 2.05) is 61.5 Å². The molecule has 0 spiro atoms. The van der Waals surface area contributed by atoms with Gasteiger partial charge in [-0.2, -0.15) is 0 Å². The number of methoxy groups -OCH3 is 1. The van der Waals surface area contributed by atoms with Crippen LogP contribution in [0, 0.1) is 5.92 Å². The van der Waals surface area contributed by atoms with Crippen molar-refractivity contribution in [2.45, 2.75) is 25.3 Å². The predicted molar refractivity (Wildman–Crippen MR) is 131 cm³/mol. The van der Waals surface area contributed by atoms with Gasteiger partial charge in [0, 0.05) is 23.7 Å². The molecule has 1 aliphatic carbocycles. The Hall–Kier alpha value is -3.73. The first-order chi connectivity index (χ1) is 16.1. The summed E-state index contributed by atoms with van der Waals surface area (Å²) in [4.78, 5) is 15.5. The fraction of sp³-hybridized carbons (Fsp3) is 0.250. The van der Waals surface area contributed by atoms with Gasteiger partial charge in [-0.25, -0.2) is 0 Å². The molecule has 168 valence electrons. The number of amides is 1. The van der Waals surface area contributed by atoms with Crippen LogP contribution in [0.3, 0.4) is 0 Å². The van der Waals surface area contributed by atoms with Crippen LogP contribution in [0.1, 0.15) is 46.8 Å². The largest absolute Gasteiger partial charge is 0.504 e. The van der Waals surface area contributed by atoms with Gasteiger partial charge in [-0.15, -0.1) is 0 Å². The van der Waals surface area contributed by atoms with Crippen molar-refractivity contribution < 1.29 is 14.6 Å². The Kier molecular flexibility index (Phi) is 5.55. The number of nitrogens with zero attached hydrogens (tertiary/aromatic N) is 1. The van der Waals surface area contributed by atoms with Crippen LogP contribution in [0.2, 0.25) is 0 Å². The summed E-state index contributed by atoms with van der Waals surface area (Å²) in [7, 11) is 1.56. The number of ether oxygens (including phenoxy) is 1. The maximum absolute atomic E-state index is 13.7. The molecule has 5 nitrogen and oxygen atoms in total. The Bertz CT molecular complexity index is 1210. The summed E-state index contributed by atoms with van der Waals surface area (Å²) >= 11 is 0. The Balaban J connectivity index is 1.60. The molecule has 3 aromatic rings. The molecule has 2 aliphatic rings. The number of nitrogens with one attached hydrogen (secondary N) is 1. The summed E-state index contributed by atoms with van der Waals surface area (Å²) in [6, 6.07) is 21.2. The van der Waals surface area contributed by atoms with Gasteiger partial charge in [0.1, 0.15) is 0 Å². The van der Waals surface area contributed by atoms with Crippen LogP contribution in [-0.4, -0.2) is 24.7 Å². The number of rotatable bonds is 5. The van der Waals surface area contributed by atoms with Crippen LogP contribution < -0.4 is 15.0 Å². The van der Waals surface area contributed by atoms with Gasteiger partial charge in [0.25, 0.3) is 5.91 Å². The SMILES string of the molecule is CCN(C(=O)c1cccc2c1NC(c1cccc(OC)c1O)C1CC=CC21)c1ccccc1. The second-order valence-corrected chi connectivity index (χ2v) is 8.53. The van der Waals surface area contributed by atoms with Gasteiger partial charge in [-0.1, -0.05) is 54.6 Å². The van der Waals surface area contributed by atoms with E-state index >= 15 is 0 Å². The number of carbonyl (C=O) groups is 1. The lowest BCUT2D eigenvalue weighted by Crippen LogP contribution is -2.34. The Morgan fingerprint density at radius 1 is 1.06 bits per heavy atom. The molecule has 0 radical (unpaired) electrons. The van der Waals surface area contributed by atoms with E-state index in [9.17, 15) is 9.90 Å². The average Bonchev–Trinajstić information content (AvgIpc) is 3.35. The van der Waals surface area contributed by atoms with E-state index < -0.39 is 0 Å². The molecular weight excluding hydrogens is 412 g/mol. The molecule has 0 saturated heterocycles. The zero-order valence-electron chi connectivity index (χ0n) is 18.9. The highest BCUT2D eigenvalue weighted by molar-refractivity contribution is 6.10. The van der Waals surface area contributed by atoms with Crippen LogP contribution in [0.25, 0.3) is 0 Å². The van der Waals surface area contributed by atoms with Gasteiger partial charge in [-0.05, 0) is 49.1 Å². The summed E-state index contributed by atoms with van der Waals surface area (Å²) in [5.41, 5.74) is 4.28. The monoisotopic (exact) mass is 440 g/mol. The average molecular weight is 441 g/mol. The second kappa shape index (κ2) is 8.66. The highest BCUT2D eigenvalue weighted by Crippen LogP contribution is 2.52. The molecular formula is C28H28N2O3. The van der Waals surface area contributed by atoms with Crippen molar-refractivity contribution in [3.8, 4) is 11.5 Å². The Morgan fingerprint density at radius 2 is 1.82 bits per heavy atom. The number of benzene rings is 3. The van der Waals surface area contributed by atoms with E-state index in [1.165, 1.54) is 0 Å². The molecule has 0 aromatic heterocycles. The summed E-state index contributed by atoms with van der Waals surface area (Å²) in [6.07, 6.45) is 5.34. The van der Waals surface area contributed by atoms with Gasteiger partial charge >= 0.3 is 0 Å². The number of hydrogen-bond acceptors (Lipinski definition) is 4. The number of carbonyl (C=O) groups excluding carboxylic acids is 1. The molecule has 0 fully saturated rings. The molecule has 1 heterocycles. The van der Waals surface area contributed by atoms with Crippen LogP contribution in [0.5, 0.6) is 11.5 Å². The number of phenolic OH excluding ortho intramolecular Hbond substituents is 1. The standard InChI is InChI=1S/C28H28N2O3/c1-3-30(18-10-5-4-6-11-18)28(32)23-16-8-14-21-19-12-7-13-20(19)25(29-26(21)23)22-15-9-17-24(33-2)27(22)31/h4-12,14-17,19-20,25,29,31H,3,13H2,1-2H3. The van der Waals surface area contributed by atoms with E-state index in [1.54, 1.807) is 18.1 Å². The van der Waals surface area contributed by atoms with Crippen molar-refractivity contribution >= 4 is 17.3 Å². The minimum atomic E-state index is -0.145. The number of aromatic hydroxyl groups is 1. The maximum atomic E-state index is 13.7. The van der Waals surface area contributed by atoms with Crippen molar-refractivity contribution in [1.29, 1.82) is 0 Å². The quantitative estimate of drug-likeness (QED) is 0.486. The van der Waals surface area contributed by atoms with E-state index in [4.69, 9.17) is 4.74 Å². The number of fused-ring (bicyclic) bond motifs is 3. The summed E-state index contributed by atoms with van der Waals surface area (Å²) in [5.74, 6) is 0.985.